The van der Waals surface area contributed by atoms with Gasteiger partial charge in [-0.1, -0.05) is 0 Å². The summed E-state index contributed by atoms with van der Waals surface area (Å²) in [5, 5.41) is 8.59. The highest BCUT2D eigenvalue weighted by atomic mass is 15.1. The van der Waals surface area contributed by atoms with Gasteiger partial charge in [0, 0.05) is 11.6 Å². The fourth-order valence-electron chi connectivity index (χ4n) is 2.19. The molecule has 0 bridgehead atoms. The molecule has 0 unspecified atom stereocenters. The first-order valence-electron chi connectivity index (χ1n) is 5.25. The normalized spacial score (nSPS) is 21.2. The Morgan fingerprint density at radius 3 is 3.20 bits per heavy atom. The van der Waals surface area contributed by atoms with Gasteiger partial charge in [-0.3, -0.25) is 9.38 Å². The van der Waals surface area contributed by atoms with Crippen LogP contribution in [0, 0.1) is 11.2 Å². The van der Waals surface area contributed by atoms with E-state index in [1.807, 2.05) is 28.9 Å². The van der Waals surface area contributed by atoms with E-state index in [0.29, 0.717) is 6.04 Å². The number of nitrogens with zero attached hydrogens (tertiary/aromatic N) is 3. The highest BCUT2D eigenvalue weighted by Crippen LogP contribution is 2.28. The Morgan fingerprint density at radius 1 is 1.67 bits per heavy atom. The van der Waals surface area contributed by atoms with Gasteiger partial charge >= 0.3 is 7.41 Å². The van der Waals surface area contributed by atoms with Gasteiger partial charge in [0.2, 0.25) is 0 Å². The molecule has 1 saturated heterocycles. The molecule has 1 aliphatic rings. The highest BCUT2D eigenvalue weighted by molar-refractivity contribution is 6.34. The number of nitriles is 1. The zero-order chi connectivity index (χ0) is 10.7. The quantitative estimate of drug-likeness (QED) is 0.656. The first kappa shape index (κ1) is 10.2. The summed E-state index contributed by atoms with van der Waals surface area (Å²) in [6, 6.07) is 4.65. The van der Waals surface area contributed by atoms with E-state index in [0.717, 1.165) is 0 Å². The van der Waals surface area contributed by atoms with Crippen molar-refractivity contribution in [3.05, 3.63) is 30.1 Å². The lowest BCUT2D eigenvalue weighted by Gasteiger charge is -2.18. The van der Waals surface area contributed by atoms with Crippen molar-refractivity contribution in [1.82, 2.24) is 4.90 Å². The lowest BCUT2D eigenvalue weighted by molar-refractivity contribution is -0.527. The SMILES string of the molecule is CN1CCC[C@H]1c1ccc[n+]([B]C#N)c1. The fraction of sp³-hybridized carbons (Fsp3) is 0.455. The van der Waals surface area contributed by atoms with Crippen molar-refractivity contribution in [3.8, 4) is 5.97 Å². The van der Waals surface area contributed by atoms with Crippen molar-refractivity contribution in [2.75, 3.05) is 13.6 Å². The molecule has 15 heavy (non-hydrogen) atoms. The molecule has 4 heteroatoms. The molecule has 0 saturated carbocycles. The van der Waals surface area contributed by atoms with Gasteiger partial charge in [0.05, 0.1) is 0 Å². The summed E-state index contributed by atoms with van der Waals surface area (Å²) in [5.74, 6) is 2.04. The average molecular weight is 199 g/mol. The van der Waals surface area contributed by atoms with E-state index < -0.39 is 0 Å². The zero-order valence-corrected chi connectivity index (χ0v) is 8.93. The summed E-state index contributed by atoms with van der Waals surface area (Å²) in [5.41, 5.74) is 1.30. The molecule has 1 aromatic heterocycles. The summed E-state index contributed by atoms with van der Waals surface area (Å²) in [4.78, 5) is 2.37. The zero-order valence-electron chi connectivity index (χ0n) is 8.93. The van der Waals surface area contributed by atoms with Crippen LogP contribution in [-0.2, 0) is 0 Å². The molecule has 1 radical (unpaired) electrons. The van der Waals surface area contributed by atoms with Crippen LogP contribution >= 0.6 is 0 Å². The second kappa shape index (κ2) is 4.46. The van der Waals surface area contributed by atoms with E-state index in [1.54, 1.807) is 0 Å². The minimum Gasteiger partial charge on any atom is -0.299 e. The van der Waals surface area contributed by atoms with Crippen molar-refractivity contribution in [3.63, 3.8) is 0 Å². The van der Waals surface area contributed by atoms with Crippen LogP contribution in [0.5, 0.6) is 0 Å². The van der Waals surface area contributed by atoms with Gasteiger partial charge in [-0.05, 0) is 38.6 Å². The van der Waals surface area contributed by atoms with Gasteiger partial charge in [-0.25, -0.2) is 5.26 Å². The van der Waals surface area contributed by atoms with E-state index >= 15 is 0 Å². The third-order valence-electron chi connectivity index (χ3n) is 2.96. The van der Waals surface area contributed by atoms with Gasteiger partial charge < -0.3 is 0 Å². The van der Waals surface area contributed by atoms with Crippen molar-refractivity contribution >= 4 is 7.41 Å². The number of hydrogen-bond acceptors (Lipinski definition) is 2. The molecule has 0 amide bonds. The Balaban J connectivity index is 2.21. The van der Waals surface area contributed by atoms with Gasteiger partial charge in [0.1, 0.15) is 18.4 Å². The summed E-state index contributed by atoms with van der Waals surface area (Å²) >= 11 is 0. The summed E-state index contributed by atoms with van der Waals surface area (Å²) in [6.45, 7) is 1.17. The molecule has 0 aromatic carbocycles. The van der Waals surface area contributed by atoms with Crippen molar-refractivity contribution in [2.45, 2.75) is 18.9 Å². The molecule has 0 spiro atoms. The van der Waals surface area contributed by atoms with Crippen LogP contribution in [0.15, 0.2) is 24.5 Å². The standard InChI is InChI=1S/C11H14BN3/c1-14-6-3-5-11(14)10-4-2-7-15(8-10)12-9-13/h2,4,7-8,11H,3,5-6H2,1H3/q+1/t11-/m0/s1. The van der Waals surface area contributed by atoms with Crippen LogP contribution in [-0.4, -0.2) is 25.9 Å². The Hall–Kier alpha value is -1.34. The molecule has 2 heterocycles. The van der Waals surface area contributed by atoms with E-state index in [4.69, 9.17) is 5.26 Å². The van der Waals surface area contributed by atoms with Crippen molar-refractivity contribution < 1.29 is 4.48 Å². The Labute approximate surface area is 91.2 Å². The van der Waals surface area contributed by atoms with Gasteiger partial charge in [0.15, 0.2) is 0 Å². The average Bonchev–Trinajstić information content (AvgIpc) is 2.65. The van der Waals surface area contributed by atoms with E-state index in [2.05, 4.69) is 18.0 Å². The number of pyridine rings is 1. The lowest BCUT2D eigenvalue weighted by Crippen LogP contribution is -2.39. The van der Waals surface area contributed by atoms with Gasteiger partial charge in [0.25, 0.3) is 0 Å². The first-order chi connectivity index (χ1) is 7.31. The van der Waals surface area contributed by atoms with Gasteiger partial charge in [-0.2, -0.15) is 0 Å². The van der Waals surface area contributed by atoms with Crippen LogP contribution in [0.4, 0.5) is 0 Å². The maximum Gasteiger partial charge on any atom is 0.671 e. The molecule has 1 aromatic rings. The minimum absolute atomic E-state index is 0.518. The lowest BCUT2D eigenvalue weighted by atomic mass is 9.96. The Bertz CT molecular complexity index is 386. The molecular weight excluding hydrogens is 185 g/mol. The molecule has 1 atom stereocenters. The van der Waals surface area contributed by atoms with Crippen LogP contribution in [0.25, 0.3) is 0 Å². The van der Waals surface area contributed by atoms with E-state index in [-0.39, 0.29) is 0 Å². The molecular formula is C11H14BN3+. The molecule has 1 aliphatic heterocycles. The minimum atomic E-state index is 0.518. The summed E-state index contributed by atoms with van der Waals surface area (Å²) in [7, 11) is 3.67. The summed E-state index contributed by atoms with van der Waals surface area (Å²) < 4.78 is 1.82. The second-order valence-corrected chi connectivity index (χ2v) is 3.98. The maximum absolute atomic E-state index is 8.59. The van der Waals surface area contributed by atoms with Crippen LogP contribution in [0.3, 0.4) is 0 Å². The predicted molar refractivity (Wildman–Crippen MR) is 58.0 cm³/mol. The molecule has 75 valence electrons. The third kappa shape index (κ3) is 2.19. The number of rotatable bonds is 2. The fourth-order valence-corrected chi connectivity index (χ4v) is 2.19. The number of hydrogen-bond donors (Lipinski definition) is 0. The van der Waals surface area contributed by atoms with E-state index in [9.17, 15) is 0 Å². The number of aromatic nitrogens is 1. The molecule has 1 fully saturated rings. The number of likely N-dealkylation sites (tertiary alicyclic amines) is 1. The largest absolute Gasteiger partial charge is 0.671 e. The summed E-state index contributed by atoms with van der Waals surface area (Å²) in [6.07, 6.45) is 6.41. The Kier molecular flexibility index (Phi) is 3.03. The second-order valence-electron chi connectivity index (χ2n) is 3.98. The predicted octanol–water partition coefficient (Wildman–Crippen LogP) is 0.689. The molecule has 0 aliphatic carbocycles. The van der Waals surface area contributed by atoms with E-state index in [1.165, 1.54) is 32.4 Å². The maximum atomic E-state index is 8.59. The van der Waals surface area contributed by atoms with Crippen molar-refractivity contribution in [2.24, 2.45) is 0 Å². The smallest absolute Gasteiger partial charge is 0.299 e. The topological polar surface area (TPSA) is 30.9 Å². The highest BCUT2D eigenvalue weighted by Gasteiger charge is 2.24. The molecule has 0 N–H and O–H groups in total. The van der Waals surface area contributed by atoms with Crippen molar-refractivity contribution in [1.29, 1.82) is 5.26 Å². The van der Waals surface area contributed by atoms with Crippen LogP contribution < -0.4 is 4.48 Å². The van der Waals surface area contributed by atoms with Crippen LogP contribution in [0.2, 0.25) is 0 Å². The molecule has 3 nitrogen and oxygen atoms in total. The third-order valence-corrected chi connectivity index (χ3v) is 2.96. The first-order valence-corrected chi connectivity index (χ1v) is 5.25. The van der Waals surface area contributed by atoms with Crippen LogP contribution in [0.1, 0.15) is 24.4 Å². The Morgan fingerprint density at radius 2 is 2.53 bits per heavy atom. The van der Waals surface area contributed by atoms with Gasteiger partial charge in [-0.15, -0.1) is 0 Å². The molecule has 2 rings (SSSR count). The monoisotopic (exact) mass is 199 g/mol.